The highest BCUT2D eigenvalue weighted by Gasteiger charge is 2.34. The summed E-state index contributed by atoms with van der Waals surface area (Å²) in [5.74, 6) is -0.823. The van der Waals surface area contributed by atoms with Crippen molar-refractivity contribution in [2.75, 3.05) is 6.54 Å². The predicted octanol–water partition coefficient (Wildman–Crippen LogP) is 2.69. The highest BCUT2D eigenvalue weighted by Crippen LogP contribution is 2.30. The van der Waals surface area contributed by atoms with E-state index in [9.17, 15) is 18.0 Å². The Bertz CT molecular complexity index is 718. The first-order valence-corrected chi connectivity index (χ1v) is 9.03. The zero-order valence-corrected chi connectivity index (χ0v) is 14.2. The topological polar surface area (TPSA) is 71.5 Å². The van der Waals surface area contributed by atoms with Crippen LogP contribution in [-0.4, -0.2) is 36.9 Å². The molecule has 1 aromatic carbocycles. The van der Waals surface area contributed by atoms with Crippen molar-refractivity contribution in [2.24, 2.45) is 0 Å². The van der Waals surface area contributed by atoms with Gasteiger partial charge >= 0.3 is 0 Å². The molecule has 1 fully saturated rings. The largest absolute Gasteiger partial charge is 0.283 e. The van der Waals surface area contributed by atoms with Gasteiger partial charge in [-0.2, -0.15) is 0 Å². The third-order valence-corrected chi connectivity index (χ3v) is 6.58. The molecule has 1 aromatic rings. The van der Waals surface area contributed by atoms with Crippen molar-refractivity contribution in [3.8, 4) is 0 Å². The van der Waals surface area contributed by atoms with Gasteiger partial charge in [0, 0.05) is 19.9 Å². The van der Waals surface area contributed by atoms with Gasteiger partial charge in [0.05, 0.1) is 20.2 Å². The van der Waals surface area contributed by atoms with Gasteiger partial charge in [-0.1, -0.05) is 23.2 Å². The normalized spacial score (nSPS) is 19.9. The summed E-state index contributed by atoms with van der Waals surface area (Å²) in [7, 11) is -3.71. The molecule has 1 heterocycles. The van der Waals surface area contributed by atoms with Crippen LogP contribution in [0.2, 0.25) is 10.0 Å². The summed E-state index contributed by atoms with van der Waals surface area (Å²) in [6.45, 7) is 1.55. The van der Waals surface area contributed by atoms with Gasteiger partial charge in [-0.05, 0) is 31.0 Å². The van der Waals surface area contributed by atoms with Crippen LogP contribution in [0.25, 0.3) is 0 Å². The summed E-state index contributed by atoms with van der Waals surface area (Å²) < 4.78 is 25.3. The van der Waals surface area contributed by atoms with E-state index >= 15 is 0 Å². The number of carbonyl (C=O) groups is 2. The van der Waals surface area contributed by atoms with Gasteiger partial charge < -0.3 is 0 Å². The molecule has 1 unspecified atom stereocenters. The first-order chi connectivity index (χ1) is 10.2. The number of likely N-dealkylation sites (tertiary alicyclic amines) is 1. The first-order valence-electron chi connectivity index (χ1n) is 6.73. The fraction of sp³-hybridized carbons (Fsp3) is 0.429. The fourth-order valence-electron chi connectivity index (χ4n) is 2.45. The molecular weight excluding hydrogens is 349 g/mol. The second kappa shape index (κ2) is 6.56. The number of hydrogen-bond acceptors (Lipinski definition) is 4. The molecule has 1 aliphatic rings. The number of imide groups is 1. The lowest BCUT2D eigenvalue weighted by atomic mass is 10.2. The Labute approximate surface area is 139 Å². The molecule has 2 amide bonds. The third-order valence-electron chi connectivity index (χ3n) is 3.65. The predicted molar refractivity (Wildman–Crippen MR) is 83.7 cm³/mol. The maximum absolute atomic E-state index is 12.7. The summed E-state index contributed by atoms with van der Waals surface area (Å²) >= 11 is 11.7. The van der Waals surface area contributed by atoms with Crippen molar-refractivity contribution in [2.45, 2.75) is 36.3 Å². The van der Waals surface area contributed by atoms with Crippen LogP contribution in [0.15, 0.2) is 23.1 Å². The molecule has 0 saturated carbocycles. The van der Waals surface area contributed by atoms with E-state index in [0.29, 0.717) is 12.8 Å². The highest BCUT2D eigenvalue weighted by atomic mass is 35.5. The third kappa shape index (κ3) is 3.45. The quantitative estimate of drug-likeness (QED) is 0.809. The Morgan fingerprint density at radius 2 is 1.95 bits per heavy atom. The molecule has 2 rings (SSSR count). The van der Waals surface area contributed by atoms with Crippen molar-refractivity contribution in [1.29, 1.82) is 0 Å². The van der Waals surface area contributed by atoms with Crippen LogP contribution in [0, 0.1) is 0 Å². The van der Waals surface area contributed by atoms with Gasteiger partial charge in [-0.3, -0.25) is 14.5 Å². The van der Waals surface area contributed by atoms with Gasteiger partial charge in [0.15, 0.2) is 9.84 Å². The number of nitrogens with zero attached hydrogens (tertiary/aromatic N) is 1. The van der Waals surface area contributed by atoms with Gasteiger partial charge in [-0.15, -0.1) is 0 Å². The van der Waals surface area contributed by atoms with Crippen LogP contribution in [-0.2, 0) is 19.4 Å². The minimum Gasteiger partial charge on any atom is -0.283 e. The molecule has 120 valence electrons. The number of amides is 2. The Balaban J connectivity index is 2.31. The zero-order chi connectivity index (χ0) is 16.5. The van der Waals surface area contributed by atoms with Gasteiger partial charge in [0.2, 0.25) is 11.8 Å². The average molecular weight is 364 g/mol. The lowest BCUT2D eigenvalue weighted by Gasteiger charge is -2.17. The second-order valence-corrected chi connectivity index (χ2v) is 8.20. The average Bonchev–Trinajstić information content (AvgIpc) is 2.63. The lowest BCUT2D eigenvalue weighted by Crippen LogP contribution is -2.36. The summed E-state index contributed by atoms with van der Waals surface area (Å²) in [4.78, 5) is 24.6. The molecular formula is C14H15Cl2NO4S. The number of sulfone groups is 1. The van der Waals surface area contributed by atoms with E-state index in [1.54, 1.807) is 0 Å². The van der Waals surface area contributed by atoms with E-state index in [-0.39, 0.29) is 33.8 Å². The number of hydrogen-bond donors (Lipinski definition) is 0. The van der Waals surface area contributed by atoms with Crippen LogP contribution in [0.1, 0.15) is 26.2 Å². The Morgan fingerprint density at radius 3 is 2.55 bits per heavy atom. The van der Waals surface area contributed by atoms with E-state index in [1.165, 1.54) is 25.1 Å². The molecule has 1 atom stereocenters. The summed E-state index contributed by atoms with van der Waals surface area (Å²) in [5, 5.41) is -0.449. The molecule has 0 radical (unpaired) electrons. The van der Waals surface area contributed by atoms with E-state index in [2.05, 4.69) is 0 Å². The van der Waals surface area contributed by atoms with Crippen LogP contribution in [0.5, 0.6) is 0 Å². The summed E-state index contributed by atoms with van der Waals surface area (Å²) in [6, 6.07) is 4.08. The van der Waals surface area contributed by atoms with Gasteiger partial charge in [0.25, 0.3) is 0 Å². The summed E-state index contributed by atoms with van der Waals surface area (Å²) in [6.07, 6.45) is 0.566. The molecule has 1 aliphatic heterocycles. The Kier molecular flexibility index (Phi) is 5.14. The van der Waals surface area contributed by atoms with Crippen LogP contribution >= 0.6 is 23.2 Å². The molecule has 1 saturated heterocycles. The first kappa shape index (κ1) is 17.2. The zero-order valence-electron chi connectivity index (χ0n) is 11.9. The van der Waals surface area contributed by atoms with Crippen molar-refractivity contribution < 1.29 is 18.0 Å². The monoisotopic (exact) mass is 363 g/mol. The maximum atomic E-state index is 12.7. The fourth-order valence-corrected chi connectivity index (χ4v) is 4.58. The van der Waals surface area contributed by atoms with Crippen molar-refractivity contribution in [3.63, 3.8) is 0 Å². The van der Waals surface area contributed by atoms with Crippen molar-refractivity contribution in [3.05, 3.63) is 28.2 Å². The number of halogens is 2. The van der Waals surface area contributed by atoms with E-state index in [1.807, 2.05) is 0 Å². The minimum absolute atomic E-state index is 0.0379. The van der Waals surface area contributed by atoms with Crippen LogP contribution in [0.4, 0.5) is 0 Å². The van der Waals surface area contributed by atoms with E-state index < -0.39 is 21.0 Å². The molecule has 8 heteroatoms. The Morgan fingerprint density at radius 1 is 1.27 bits per heavy atom. The molecule has 0 spiro atoms. The van der Waals surface area contributed by atoms with Crippen LogP contribution < -0.4 is 0 Å². The molecule has 22 heavy (non-hydrogen) atoms. The highest BCUT2D eigenvalue weighted by molar-refractivity contribution is 7.92. The van der Waals surface area contributed by atoms with Gasteiger partial charge in [-0.25, -0.2) is 8.42 Å². The second-order valence-electron chi connectivity index (χ2n) is 5.15. The standard InChI is InChI=1S/C14H15Cl2NO4S/c1-9(18)17-6-2-3-10(8-14(17)19)22(20,21)11-4-5-12(15)13(16)7-11/h4-5,7,10H,2-3,6,8H2,1H3. The number of rotatable bonds is 2. The van der Waals surface area contributed by atoms with E-state index in [0.717, 1.165) is 4.90 Å². The maximum Gasteiger partial charge on any atom is 0.230 e. The molecule has 5 nitrogen and oxygen atoms in total. The van der Waals surface area contributed by atoms with Crippen molar-refractivity contribution >= 4 is 44.9 Å². The molecule has 0 bridgehead atoms. The molecule has 0 aliphatic carbocycles. The van der Waals surface area contributed by atoms with Gasteiger partial charge in [0.1, 0.15) is 0 Å². The SMILES string of the molecule is CC(=O)N1CCCC(S(=O)(=O)c2ccc(Cl)c(Cl)c2)CC1=O. The lowest BCUT2D eigenvalue weighted by molar-refractivity contribution is -0.142. The molecule has 0 aromatic heterocycles. The Hall–Kier alpha value is -1.11. The van der Waals surface area contributed by atoms with Crippen LogP contribution in [0.3, 0.4) is 0 Å². The minimum atomic E-state index is -3.71. The van der Waals surface area contributed by atoms with Crippen molar-refractivity contribution in [1.82, 2.24) is 4.90 Å². The number of benzene rings is 1. The molecule has 0 N–H and O–H groups in total. The number of carbonyl (C=O) groups excluding carboxylic acids is 2. The summed E-state index contributed by atoms with van der Waals surface area (Å²) in [5.41, 5.74) is 0. The smallest absolute Gasteiger partial charge is 0.230 e. The van der Waals surface area contributed by atoms with E-state index in [4.69, 9.17) is 23.2 Å².